The van der Waals surface area contributed by atoms with Gasteiger partial charge in [-0.2, -0.15) is 26.3 Å². The van der Waals surface area contributed by atoms with Crippen LogP contribution in [-0.2, 0) is 9.47 Å². The number of carbonyl (C=O) groups excluding carboxylic acids is 1. The SMILES string of the molecule is CCCCC(OC(=O)OC(C)(C)C)(C(F)(F)F)C(F)(F)F. The molecule has 0 aromatic heterocycles. The molecule has 21 heavy (non-hydrogen) atoms. The second kappa shape index (κ2) is 6.31. The molecule has 0 atom stereocenters. The van der Waals surface area contributed by atoms with Gasteiger partial charge in [-0.25, -0.2) is 4.79 Å². The Morgan fingerprint density at radius 1 is 0.905 bits per heavy atom. The van der Waals surface area contributed by atoms with Crippen LogP contribution in [0.3, 0.4) is 0 Å². The Bertz CT molecular complexity index is 339. The molecule has 0 saturated heterocycles. The summed E-state index contributed by atoms with van der Waals surface area (Å²) in [6, 6.07) is 0. The van der Waals surface area contributed by atoms with Gasteiger partial charge in [0.1, 0.15) is 5.60 Å². The highest BCUT2D eigenvalue weighted by Gasteiger charge is 2.74. The first-order valence-electron chi connectivity index (χ1n) is 6.22. The van der Waals surface area contributed by atoms with Gasteiger partial charge in [-0.05, 0) is 27.2 Å². The van der Waals surface area contributed by atoms with Crippen LogP contribution in [0.1, 0.15) is 47.0 Å². The smallest absolute Gasteiger partial charge is 0.429 e. The second-order valence-electron chi connectivity index (χ2n) is 5.49. The third kappa shape index (κ3) is 5.28. The molecule has 0 aromatic rings. The van der Waals surface area contributed by atoms with E-state index in [1.54, 1.807) is 0 Å². The first-order chi connectivity index (χ1) is 9.16. The van der Waals surface area contributed by atoms with Crippen LogP contribution in [0.2, 0.25) is 0 Å². The molecule has 0 aliphatic rings. The second-order valence-corrected chi connectivity index (χ2v) is 5.49. The molecule has 0 aromatic carbocycles. The zero-order chi connectivity index (χ0) is 17.1. The van der Waals surface area contributed by atoms with Gasteiger partial charge in [0.15, 0.2) is 0 Å². The third-order valence-electron chi connectivity index (χ3n) is 2.45. The summed E-state index contributed by atoms with van der Waals surface area (Å²) in [5.41, 5.74) is -5.83. The molecule has 0 fully saturated rings. The highest BCUT2D eigenvalue weighted by atomic mass is 19.4. The van der Waals surface area contributed by atoms with Crippen molar-refractivity contribution in [2.75, 3.05) is 0 Å². The fraction of sp³-hybridized carbons (Fsp3) is 0.917. The van der Waals surface area contributed by atoms with Crippen LogP contribution in [0.25, 0.3) is 0 Å². The van der Waals surface area contributed by atoms with E-state index in [2.05, 4.69) is 9.47 Å². The van der Waals surface area contributed by atoms with Crippen molar-refractivity contribution in [3.8, 4) is 0 Å². The first-order valence-corrected chi connectivity index (χ1v) is 6.22. The molecule has 0 amide bonds. The number of halogens is 6. The molecule has 0 radical (unpaired) electrons. The van der Waals surface area contributed by atoms with E-state index in [4.69, 9.17) is 0 Å². The number of unbranched alkanes of at least 4 members (excludes halogenated alkanes) is 1. The van der Waals surface area contributed by atoms with Gasteiger partial charge in [-0.1, -0.05) is 13.3 Å². The topological polar surface area (TPSA) is 35.5 Å². The summed E-state index contributed by atoms with van der Waals surface area (Å²) >= 11 is 0. The normalized spacial score (nSPS) is 14.0. The fourth-order valence-corrected chi connectivity index (χ4v) is 1.45. The van der Waals surface area contributed by atoms with Crippen LogP contribution in [0.15, 0.2) is 0 Å². The van der Waals surface area contributed by atoms with Crippen molar-refractivity contribution in [1.82, 2.24) is 0 Å². The molecule has 0 aliphatic carbocycles. The summed E-state index contributed by atoms with van der Waals surface area (Å²) in [7, 11) is 0. The Morgan fingerprint density at radius 3 is 1.62 bits per heavy atom. The van der Waals surface area contributed by atoms with Gasteiger partial charge in [0, 0.05) is 6.42 Å². The fourth-order valence-electron chi connectivity index (χ4n) is 1.45. The quantitative estimate of drug-likeness (QED) is 0.540. The van der Waals surface area contributed by atoms with E-state index in [1.165, 1.54) is 27.7 Å². The predicted molar refractivity (Wildman–Crippen MR) is 61.7 cm³/mol. The minimum atomic E-state index is -5.79. The van der Waals surface area contributed by atoms with Crippen LogP contribution in [0.5, 0.6) is 0 Å². The standard InChI is InChI=1S/C12H18F6O3/c1-5-6-7-10(11(13,14)15,12(16,17)18)21-8(19)20-9(2,3)4/h5-7H2,1-4H3. The molecule has 0 heterocycles. The minimum Gasteiger partial charge on any atom is -0.429 e. The molecule has 0 saturated carbocycles. The molecular weight excluding hydrogens is 306 g/mol. The van der Waals surface area contributed by atoms with E-state index in [0.29, 0.717) is 0 Å². The molecule has 9 heteroatoms. The highest BCUT2D eigenvalue weighted by Crippen LogP contribution is 2.49. The Labute approximate surface area is 118 Å². The maximum absolute atomic E-state index is 12.9. The zero-order valence-electron chi connectivity index (χ0n) is 12.1. The number of carbonyl (C=O) groups is 1. The Hall–Kier alpha value is -1.15. The third-order valence-corrected chi connectivity index (χ3v) is 2.45. The lowest BCUT2D eigenvalue weighted by molar-refractivity contribution is -0.371. The average molecular weight is 324 g/mol. The van der Waals surface area contributed by atoms with Gasteiger partial charge in [0.05, 0.1) is 0 Å². The van der Waals surface area contributed by atoms with Crippen molar-refractivity contribution in [1.29, 1.82) is 0 Å². The molecule has 0 rings (SSSR count). The monoisotopic (exact) mass is 324 g/mol. The van der Waals surface area contributed by atoms with E-state index < -0.39 is 42.6 Å². The van der Waals surface area contributed by atoms with Gasteiger partial charge < -0.3 is 9.47 Å². The van der Waals surface area contributed by atoms with Crippen molar-refractivity contribution in [2.45, 2.75) is 70.5 Å². The van der Waals surface area contributed by atoms with Crippen molar-refractivity contribution in [2.24, 2.45) is 0 Å². The molecule has 0 spiro atoms. The van der Waals surface area contributed by atoms with Gasteiger partial charge in [0.25, 0.3) is 0 Å². The number of rotatable bonds is 4. The molecular formula is C12H18F6O3. The van der Waals surface area contributed by atoms with Crippen LogP contribution >= 0.6 is 0 Å². The van der Waals surface area contributed by atoms with E-state index in [0.717, 1.165) is 0 Å². The average Bonchev–Trinajstić information content (AvgIpc) is 2.17. The predicted octanol–water partition coefficient (Wildman–Crippen LogP) is 4.99. The summed E-state index contributed by atoms with van der Waals surface area (Å²) in [5.74, 6) is 0. The highest BCUT2D eigenvalue weighted by molar-refractivity contribution is 5.61. The summed E-state index contributed by atoms with van der Waals surface area (Å²) < 4.78 is 85.7. The van der Waals surface area contributed by atoms with Gasteiger partial charge in [-0.3, -0.25) is 0 Å². The number of hydrogen-bond donors (Lipinski definition) is 0. The molecule has 126 valence electrons. The largest absolute Gasteiger partial charge is 0.510 e. The lowest BCUT2D eigenvalue weighted by Gasteiger charge is -2.36. The van der Waals surface area contributed by atoms with Crippen molar-refractivity contribution >= 4 is 6.16 Å². The summed E-state index contributed by atoms with van der Waals surface area (Å²) in [5, 5.41) is 0. The summed E-state index contributed by atoms with van der Waals surface area (Å²) in [6.45, 7) is 5.31. The summed E-state index contributed by atoms with van der Waals surface area (Å²) in [4.78, 5) is 11.3. The van der Waals surface area contributed by atoms with Crippen molar-refractivity contribution in [3.63, 3.8) is 0 Å². The Kier molecular flexibility index (Phi) is 5.97. The van der Waals surface area contributed by atoms with Crippen LogP contribution in [0.4, 0.5) is 31.1 Å². The van der Waals surface area contributed by atoms with Crippen molar-refractivity contribution < 1.29 is 40.6 Å². The Balaban J connectivity index is 5.53. The van der Waals surface area contributed by atoms with Crippen LogP contribution < -0.4 is 0 Å². The van der Waals surface area contributed by atoms with E-state index in [9.17, 15) is 31.1 Å². The van der Waals surface area contributed by atoms with Crippen LogP contribution in [0, 0.1) is 0 Å². The lowest BCUT2D eigenvalue weighted by atomic mass is 9.95. The van der Waals surface area contributed by atoms with Crippen LogP contribution in [-0.4, -0.2) is 29.7 Å². The lowest BCUT2D eigenvalue weighted by Crippen LogP contribution is -2.60. The molecule has 0 N–H and O–H groups in total. The van der Waals surface area contributed by atoms with Gasteiger partial charge in [0.2, 0.25) is 0 Å². The molecule has 3 nitrogen and oxygen atoms in total. The van der Waals surface area contributed by atoms with Crippen molar-refractivity contribution in [3.05, 3.63) is 0 Å². The Morgan fingerprint density at radius 2 is 1.33 bits per heavy atom. The molecule has 0 bridgehead atoms. The molecule has 0 aliphatic heterocycles. The number of alkyl halides is 6. The maximum Gasteiger partial charge on any atom is 0.510 e. The number of hydrogen-bond acceptors (Lipinski definition) is 3. The minimum absolute atomic E-state index is 0.0750. The number of ether oxygens (including phenoxy) is 2. The van der Waals surface area contributed by atoms with Gasteiger partial charge in [-0.15, -0.1) is 0 Å². The summed E-state index contributed by atoms with van der Waals surface area (Å²) in [6.07, 6.45) is -15.3. The van der Waals surface area contributed by atoms with Gasteiger partial charge >= 0.3 is 24.1 Å². The first kappa shape index (κ1) is 19.9. The van der Waals surface area contributed by atoms with E-state index >= 15 is 0 Å². The molecule has 0 unspecified atom stereocenters. The van der Waals surface area contributed by atoms with E-state index in [-0.39, 0.29) is 6.42 Å². The van der Waals surface area contributed by atoms with E-state index in [1.807, 2.05) is 0 Å². The maximum atomic E-state index is 12.9. The zero-order valence-corrected chi connectivity index (χ0v) is 12.1.